The lowest BCUT2D eigenvalue weighted by atomic mass is 10.2. The predicted octanol–water partition coefficient (Wildman–Crippen LogP) is 2.99. The number of amides is 2. The summed E-state index contributed by atoms with van der Waals surface area (Å²) in [5.41, 5.74) is 1.37. The molecule has 2 amide bonds. The zero-order chi connectivity index (χ0) is 20.1. The molecule has 0 spiro atoms. The minimum Gasteiger partial charge on any atom is -0.361 e. The van der Waals surface area contributed by atoms with Crippen molar-refractivity contribution in [2.75, 3.05) is 18.8 Å². The molecule has 146 valence electrons. The van der Waals surface area contributed by atoms with Gasteiger partial charge in [0.25, 0.3) is 11.8 Å². The minimum absolute atomic E-state index is 0.256. The minimum atomic E-state index is -0.283. The lowest BCUT2D eigenvalue weighted by Gasteiger charge is -2.28. The van der Waals surface area contributed by atoms with Gasteiger partial charge in [-0.2, -0.15) is 5.26 Å². The number of unbranched alkanes of at least 4 members (excludes halogenated alkanes) is 1. The van der Waals surface area contributed by atoms with E-state index in [4.69, 9.17) is 9.78 Å². The Bertz CT molecular complexity index is 901. The first-order valence-electron chi connectivity index (χ1n) is 9.06. The maximum Gasteiger partial charge on any atom is 0.277 e. The summed E-state index contributed by atoms with van der Waals surface area (Å²) < 4.78 is 5.10. The highest BCUT2D eigenvalue weighted by atomic mass is 32.2. The maximum absolute atomic E-state index is 13.2. The van der Waals surface area contributed by atoms with Gasteiger partial charge in [-0.15, -0.1) is 11.8 Å². The molecule has 0 aliphatic carbocycles. The number of carbonyl (C=O) groups is 2. The Morgan fingerprint density at radius 1 is 1.29 bits per heavy atom. The number of nitriles is 1. The maximum atomic E-state index is 13.2. The van der Waals surface area contributed by atoms with Crippen LogP contribution in [0.2, 0.25) is 0 Å². The molecule has 1 aliphatic rings. The molecular formula is C19H21N5O3S. The molecule has 28 heavy (non-hydrogen) atoms. The highest BCUT2D eigenvalue weighted by Gasteiger charge is 2.35. The zero-order valence-corrected chi connectivity index (χ0v) is 16.7. The van der Waals surface area contributed by atoms with Crippen LogP contribution < -0.4 is 0 Å². The molecule has 0 saturated carbocycles. The average Bonchev–Trinajstić information content (AvgIpc) is 3.31. The van der Waals surface area contributed by atoms with Crippen molar-refractivity contribution in [2.24, 2.45) is 0 Å². The molecule has 1 saturated heterocycles. The van der Waals surface area contributed by atoms with Crippen LogP contribution in [0.3, 0.4) is 0 Å². The molecule has 0 radical (unpaired) electrons. The second kappa shape index (κ2) is 8.89. The molecule has 0 aromatic carbocycles. The van der Waals surface area contributed by atoms with Crippen molar-refractivity contribution < 1.29 is 14.1 Å². The van der Waals surface area contributed by atoms with E-state index in [1.165, 1.54) is 21.8 Å². The standard InChI is InChI=1S/C19H21N5O3S/c1-13-16(14(2)27-22-13)19(26)24-11-6-10-23(24)18(25)15-7-5-9-21-17(15)28-12-4-3-8-20/h5,7,9H,3-4,6,10-12H2,1-2H3. The number of thioether (sulfide) groups is 1. The Hall–Kier alpha value is -2.86. The Morgan fingerprint density at radius 3 is 2.71 bits per heavy atom. The number of hydrazine groups is 1. The summed E-state index contributed by atoms with van der Waals surface area (Å²) in [6, 6.07) is 5.54. The second-order valence-corrected chi connectivity index (χ2v) is 7.46. The van der Waals surface area contributed by atoms with Crippen LogP contribution in [-0.4, -0.2) is 50.8 Å². The molecular weight excluding hydrogens is 378 g/mol. The van der Waals surface area contributed by atoms with Crippen molar-refractivity contribution in [3.63, 3.8) is 0 Å². The van der Waals surface area contributed by atoms with Crippen LogP contribution in [0.25, 0.3) is 0 Å². The molecule has 0 N–H and O–H groups in total. The second-order valence-electron chi connectivity index (χ2n) is 6.38. The summed E-state index contributed by atoms with van der Waals surface area (Å²) in [7, 11) is 0. The van der Waals surface area contributed by atoms with Gasteiger partial charge < -0.3 is 4.52 Å². The first-order chi connectivity index (χ1) is 13.5. The molecule has 9 heteroatoms. The molecule has 1 fully saturated rings. The van der Waals surface area contributed by atoms with Crippen molar-refractivity contribution in [3.05, 3.63) is 40.9 Å². The van der Waals surface area contributed by atoms with E-state index in [9.17, 15) is 9.59 Å². The highest BCUT2D eigenvalue weighted by molar-refractivity contribution is 7.99. The van der Waals surface area contributed by atoms with E-state index in [-0.39, 0.29) is 11.8 Å². The van der Waals surface area contributed by atoms with E-state index < -0.39 is 0 Å². The summed E-state index contributed by atoms with van der Waals surface area (Å²) in [5, 5.41) is 16.1. The fraction of sp³-hybridized carbons (Fsp3) is 0.421. The van der Waals surface area contributed by atoms with Gasteiger partial charge in [0.15, 0.2) is 0 Å². The van der Waals surface area contributed by atoms with Crippen LogP contribution in [-0.2, 0) is 0 Å². The van der Waals surface area contributed by atoms with Crippen LogP contribution in [0.15, 0.2) is 27.9 Å². The van der Waals surface area contributed by atoms with E-state index in [1.807, 2.05) is 0 Å². The van der Waals surface area contributed by atoms with Gasteiger partial charge >= 0.3 is 0 Å². The molecule has 0 atom stereocenters. The Morgan fingerprint density at radius 2 is 2.04 bits per heavy atom. The zero-order valence-electron chi connectivity index (χ0n) is 15.8. The number of carbonyl (C=O) groups excluding carboxylic acids is 2. The number of hydrogen-bond donors (Lipinski definition) is 0. The predicted molar refractivity (Wildman–Crippen MR) is 102 cm³/mol. The van der Waals surface area contributed by atoms with Crippen molar-refractivity contribution in [1.29, 1.82) is 5.26 Å². The van der Waals surface area contributed by atoms with E-state index in [2.05, 4.69) is 16.2 Å². The van der Waals surface area contributed by atoms with Crippen LogP contribution in [0, 0.1) is 25.2 Å². The van der Waals surface area contributed by atoms with Crippen LogP contribution in [0.5, 0.6) is 0 Å². The van der Waals surface area contributed by atoms with Crippen molar-refractivity contribution in [1.82, 2.24) is 20.2 Å². The number of nitrogens with zero attached hydrogens (tertiary/aromatic N) is 5. The molecule has 3 rings (SSSR count). The van der Waals surface area contributed by atoms with Gasteiger partial charge in [-0.1, -0.05) is 5.16 Å². The van der Waals surface area contributed by atoms with Gasteiger partial charge in [0.1, 0.15) is 16.3 Å². The molecule has 8 nitrogen and oxygen atoms in total. The quantitative estimate of drug-likeness (QED) is 0.543. The van der Waals surface area contributed by atoms with Crippen LogP contribution in [0.1, 0.15) is 51.4 Å². The third-order valence-corrected chi connectivity index (χ3v) is 5.51. The number of rotatable bonds is 6. The summed E-state index contributed by atoms with van der Waals surface area (Å²) >= 11 is 1.45. The number of hydrogen-bond acceptors (Lipinski definition) is 7. The van der Waals surface area contributed by atoms with Crippen molar-refractivity contribution in [2.45, 2.75) is 38.1 Å². The van der Waals surface area contributed by atoms with E-state index in [1.54, 1.807) is 32.2 Å². The van der Waals surface area contributed by atoms with Gasteiger partial charge in [0.05, 0.1) is 17.3 Å². The Labute approximate surface area is 167 Å². The number of aryl methyl sites for hydroxylation is 2. The summed E-state index contributed by atoms with van der Waals surface area (Å²) in [5.74, 6) is 0.603. The first kappa shape index (κ1) is 19.9. The van der Waals surface area contributed by atoms with E-state index in [0.717, 1.165) is 6.42 Å². The summed E-state index contributed by atoms with van der Waals surface area (Å²) in [6.45, 7) is 4.32. The third-order valence-electron chi connectivity index (χ3n) is 4.42. The fourth-order valence-corrected chi connectivity index (χ4v) is 4.01. The van der Waals surface area contributed by atoms with Crippen LogP contribution in [0.4, 0.5) is 0 Å². The summed E-state index contributed by atoms with van der Waals surface area (Å²) in [6.07, 6.45) is 3.53. The molecule has 3 heterocycles. The Balaban J connectivity index is 1.80. The Kier molecular flexibility index (Phi) is 6.31. The lowest BCUT2D eigenvalue weighted by Crippen LogP contribution is -2.45. The van der Waals surface area contributed by atoms with Gasteiger partial charge in [-0.3, -0.25) is 9.59 Å². The van der Waals surface area contributed by atoms with Gasteiger partial charge in [0.2, 0.25) is 0 Å². The largest absolute Gasteiger partial charge is 0.361 e. The average molecular weight is 399 g/mol. The lowest BCUT2D eigenvalue weighted by molar-refractivity contribution is 0.0181. The SMILES string of the molecule is Cc1noc(C)c1C(=O)N1CCCN1C(=O)c1cccnc1SCCCC#N. The number of pyridine rings is 1. The van der Waals surface area contributed by atoms with Crippen molar-refractivity contribution in [3.8, 4) is 6.07 Å². The van der Waals surface area contributed by atoms with Gasteiger partial charge in [-0.05, 0) is 38.8 Å². The molecule has 2 aromatic heterocycles. The smallest absolute Gasteiger partial charge is 0.277 e. The van der Waals surface area contributed by atoms with Crippen molar-refractivity contribution >= 4 is 23.6 Å². The van der Waals surface area contributed by atoms with Gasteiger partial charge in [-0.25, -0.2) is 15.0 Å². The van der Waals surface area contributed by atoms with Gasteiger partial charge in [0, 0.05) is 31.5 Å². The molecule has 1 aliphatic heterocycles. The van der Waals surface area contributed by atoms with Crippen LogP contribution >= 0.6 is 11.8 Å². The summed E-state index contributed by atoms with van der Waals surface area (Å²) in [4.78, 5) is 30.5. The first-order valence-corrected chi connectivity index (χ1v) is 10.0. The third kappa shape index (κ3) is 4.02. The topological polar surface area (TPSA) is 103 Å². The normalized spacial score (nSPS) is 13.6. The monoisotopic (exact) mass is 399 g/mol. The van der Waals surface area contributed by atoms with E-state index >= 15 is 0 Å². The molecule has 0 bridgehead atoms. The van der Waals surface area contributed by atoms with E-state index in [0.29, 0.717) is 59.3 Å². The molecule has 0 unspecified atom stereocenters. The highest BCUT2D eigenvalue weighted by Crippen LogP contribution is 2.26. The fourth-order valence-electron chi connectivity index (χ4n) is 3.08. The molecule has 2 aromatic rings. The number of aromatic nitrogens is 2.